The van der Waals surface area contributed by atoms with Crippen LogP contribution in [0.5, 0.6) is 0 Å². The van der Waals surface area contributed by atoms with Gasteiger partial charge in [0, 0.05) is 18.7 Å². The molecule has 3 heteroatoms. The highest BCUT2D eigenvalue weighted by atomic mass is 16.1. The van der Waals surface area contributed by atoms with E-state index >= 15 is 0 Å². The van der Waals surface area contributed by atoms with Crippen LogP contribution in [0.15, 0.2) is 24.3 Å². The molecule has 3 rings (SSSR count). The summed E-state index contributed by atoms with van der Waals surface area (Å²) in [5.74, 6) is -0.315. The molecule has 86 valence electrons. The van der Waals surface area contributed by atoms with Gasteiger partial charge in [-0.3, -0.25) is 4.79 Å². The first-order chi connectivity index (χ1) is 8.31. The summed E-state index contributed by atoms with van der Waals surface area (Å²) in [6, 6.07) is 10.6. The molecule has 0 radical (unpaired) electrons. The predicted octanol–water partition coefficient (Wildman–Crippen LogP) is 1.92. The van der Waals surface area contributed by atoms with Crippen molar-refractivity contribution in [2.24, 2.45) is 5.92 Å². The first-order valence-electron chi connectivity index (χ1n) is 6.08. The van der Waals surface area contributed by atoms with E-state index in [9.17, 15) is 4.79 Å². The normalized spacial score (nSPS) is 27.0. The largest absolute Gasteiger partial charge is 0.366 e. The van der Waals surface area contributed by atoms with Crippen molar-refractivity contribution in [3.05, 3.63) is 29.8 Å². The van der Waals surface area contributed by atoms with Crippen molar-refractivity contribution in [1.82, 2.24) is 0 Å². The van der Waals surface area contributed by atoms with Gasteiger partial charge < -0.3 is 4.90 Å². The van der Waals surface area contributed by atoms with E-state index < -0.39 is 5.92 Å². The average Bonchev–Trinajstić information content (AvgIpc) is 2.38. The third-order valence-corrected chi connectivity index (χ3v) is 3.88. The van der Waals surface area contributed by atoms with Crippen molar-refractivity contribution in [3.8, 4) is 6.07 Å². The molecule has 0 bridgehead atoms. The first-order valence-corrected chi connectivity index (χ1v) is 6.08. The Kier molecular flexibility index (Phi) is 2.36. The van der Waals surface area contributed by atoms with Crippen molar-refractivity contribution < 1.29 is 4.79 Å². The van der Waals surface area contributed by atoms with Crippen LogP contribution in [-0.4, -0.2) is 18.4 Å². The Morgan fingerprint density at radius 3 is 2.94 bits per heavy atom. The van der Waals surface area contributed by atoms with Gasteiger partial charge in [-0.05, 0) is 24.5 Å². The number of rotatable bonds is 0. The summed E-state index contributed by atoms with van der Waals surface area (Å²) in [7, 11) is 0. The highest BCUT2D eigenvalue weighted by molar-refractivity contribution is 5.87. The molecule has 1 aromatic carbocycles. The number of carbonyl (C=O) groups excluding carboxylic acids is 1. The number of Topliss-reactive ketones (excluding diaryl/α,β-unsaturated/α-hetero) is 1. The third-order valence-electron chi connectivity index (χ3n) is 3.88. The lowest BCUT2D eigenvalue weighted by Gasteiger charge is -2.43. The molecule has 2 heterocycles. The number of carbonyl (C=O) groups is 1. The molecule has 2 aliphatic rings. The number of piperidine rings is 1. The quantitative estimate of drug-likeness (QED) is 0.679. The number of nitrogens with zero attached hydrogens (tertiary/aromatic N) is 2. The number of ketones is 1. The second-order valence-electron chi connectivity index (χ2n) is 4.75. The average molecular weight is 226 g/mol. The Labute approximate surface area is 101 Å². The van der Waals surface area contributed by atoms with E-state index in [0.717, 1.165) is 19.4 Å². The number of nitriles is 1. The predicted molar refractivity (Wildman–Crippen MR) is 64.6 cm³/mol. The minimum atomic E-state index is -0.433. The molecular weight excluding hydrogens is 212 g/mol. The Bertz CT molecular complexity index is 503. The minimum absolute atomic E-state index is 0.0937. The molecule has 0 aliphatic carbocycles. The van der Waals surface area contributed by atoms with Crippen molar-refractivity contribution in [2.75, 3.05) is 11.4 Å². The zero-order chi connectivity index (χ0) is 11.8. The van der Waals surface area contributed by atoms with Crippen LogP contribution in [0.4, 0.5) is 5.69 Å². The molecule has 0 amide bonds. The number of aryl methyl sites for hydroxylation is 1. The first kappa shape index (κ1) is 10.3. The van der Waals surface area contributed by atoms with Crippen LogP contribution in [-0.2, 0) is 11.2 Å². The van der Waals surface area contributed by atoms with Crippen molar-refractivity contribution in [1.29, 1.82) is 5.26 Å². The van der Waals surface area contributed by atoms with Crippen LogP contribution in [0.2, 0.25) is 0 Å². The zero-order valence-corrected chi connectivity index (χ0v) is 9.60. The Hall–Kier alpha value is -1.82. The summed E-state index contributed by atoms with van der Waals surface area (Å²) < 4.78 is 0. The van der Waals surface area contributed by atoms with Gasteiger partial charge in [-0.15, -0.1) is 0 Å². The molecular formula is C14H14N2O. The van der Waals surface area contributed by atoms with Gasteiger partial charge in [-0.1, -0.05) is 18.2 Å². The van der Waals surface area contributed by atoms with Crippen LogP contribution in [0.1, 0.15) is 18.4 Å². The number of para-hydroxylation sites is 1. The molecule has 0 aromatic heterocycles. The molecule has 3 nitrogen and oxygen atoms in total. The van der Waals surface area contributed by atoms with E-state index in [4.69, 9.17) is 5.26 Å². The van der Waals surface area contributed by atoms with E-state index in [1.54, 1.807) is 0 Å². The second-order valence-corrected chi connectivity index (χ2v) is 4.75. The maximum Gasteiger partial charge on any atom is 0.153 e. The van der Waals surface area contributed by atoms with Crippen LogP contribution < -0.4 is 4.90 Å². The minimum Gasteiger partial charge on any atom is -0.366 e. The van der Waals surface area contributed by atoms with Crippen LogP contribution in [0, 0.1) is 17.2 Å². The molecule has 0 spiro atoms. The van der Waals surface area contributed by atoms with Crippen molar-refractivity contribution in [2.45, 2.75) is 25.3 Å². The molecule has 17 heavy (non-hydrogen) atoms. The van der Waals surface area contributed by atoms with Crippen molar-refractivity contribution in [3.63, 3.8) is 0 Å². The van der Waals surface area contributed by atoms with Gasteiger partial charge in [0.15, 0.2) is 5.78 Å². The highest BCUT2D eigenvalue weighted by Crippen LogP contribution is 2.36. The molecule has 2 atom stereocenters. The fourth-order valence-corrected chi connectivity index (χ4v) is 3.03. The second kappa shape index (κ2) is 3.89. The maximum absolute atomic E-state index is 11.7. The molecule has 0 N–H and O–H groups in total. The van der Waals surface area contributed by atoms with E-state index in [2.05, 4.69) is 29.2 Å². The number of benzene rings is 1. The standard InChI is InChI=1S/C14H14N2O/c15-9-11-13-6-5-10-3-1-2-4-12(10)16(13)8-7-14(11)17/h1-4,11,13H,5-8H2. The number of anilines is 1. The van der Waals surface area contributed by atoms with E-state index in [-0.39, 0.29) is 11.8 Å². The maximum atomic E-state index is 11.7. The number of hydrogen-bond acceptors (Lipinski definition) is 3. The van der Waals surface area contributed by atoms with Crippen LogP contribution in [0.25, 0.3) is 0 Å². The number of hydrogen-bond donors (Lipinski definition) is 0. The number of fused-ring (bicyclic) bond motifs is 3. The van der Waals surface area contributed by atoms with Gasteiger partial charge in [-0.2, -0.15) is 5.26 Å². The van der Waals surface area contributed by atoms with Gasteiger partial charge in [0.1, 0.15) is 5.92 Å². The summed E-state index contributed by atoms with van der Waals surface area (Å²) in [4.78, 5) is 14.0. The SMILES string of the molecule is N#CC1C(=O)CCN2c3ccccc3CCC12. The van der Waals surface area contributed by atoms with Gasteiger partial charge in [-0.25, -0.2) is 0 Å². The van der Waals surface area contributed by atoms with Crippen LogP contribution >= 0.6 is 0 Å². The lowest BCUT2D eigenvalue weighted by Crippen LogP contribution is -2.51. The summed E-state index contributed by atoms with van der Waals surface area (Å²) >= 11 is 0. The van der Waals surface area contributed by atoms with Crippen LogP contribution in [0.3, 0.4) is 0 Å². The topological polar surface area (TPSA) is 44.1 Å². The fraction of sp³-hybridized carbons (Fsp3) is 0.429. The van der Waals surface area contributed by atoms with Gasteiger partial charge in [0.25, 0.3) is 0 Å². The molecule has 1 aromatic rings. The van der Waals surface area contributed by atoms with Gasteiger partial charge in [0.2, 0.25) is 0 Å². The van der Waals surface area contributed by atoms with E-state index in [1.807, 2.05) is 6.07 Å². The lowest BCUT2D eigenvalue weighted by atomic mass is 9.82. The van der Waals surface area contributed by atoms with Gasteiger partial charge >= 0.3 is 0 Å². The third kappa shape index (κ3) is 1.52. The lowest BCUT2D eigenvalue weighted by molar-refractivity contribution is -0.122. The summed E-state index contributed by atoms with van der Waals surface area (Å²) in [6.45, 7) is 0.763. The Balaban J connectivity index is 2.01. The summed E-state index contributed by atoms with van der Waals surface area (Å²) in [5.41, 5.74) is 2.56. The molecule has 2 unspecified atom stereocenters. The summed E-state index contributed by atoms with van der Waals surface area (Å²) in [5, 5.41) is 9.15. The Morgan fingerprint density at radius 2 is 2.12 bits per heavy atom. The molecule has 2 aliphatic heterocycles. The van der Waals surface area contributed by atoms with E-state index in [0.29, 0.717) is 6.42 Å². The molecule has 0 saturated carbocycles. The molecule has 1 saturated heterocycles. The summed E-state index contributed by atoms with van der Waals surface area (Å²) in [6.07, 6.45) is 2.40. The smallest absolute Gasteiger partial charge is 0.153 e. The highest BCUT2D eigenvalue weighted by Gasteiger charge is 2.39. The van der Waals surface area contributed by atoms with E-state index in [1.165, 1.54) is 11.3 Å². The zero-order valence-electron chi connectivity index (χ0n) is 9.60. The fourth-order valence-electron chi connectivity index (χ4n) is 3.03. The van der Waals surface area contributed by atoms with Gasteiger partial charge in [0.05, 0.1) is 12.1 Å². The Morgan fingerprint density at radius 1 is 1.29 bits per heavy atom. The monoisotopic (exact) mass is 226 g/mol. The molecule has 1 fully saturated rings. The van der Waals surface area contributed by atoms with Crippen molar-refractivity contribution >= 4 is 11.5 Å².